The minimum absolute atomic E-state index is 0.139. The molecule has 5 nitrogen and oxygen atoms in total. The van der Waals surface area contributed by atoms with Gasteiger partial charge in [-0.25, -0.2) is 5.43 Å². The fourth-order valence-corrected chi connectivity index (χ4v) is 2.63. The van der Waals surface area contributed by atoms with Crippen molar-refractivity contribution in [1.82, 2.24) is 10.7 Å². The van der Waals surface area contributed by atoms with Crippen molar-refractivity contribution in [3.63, 3.8) is 0 Å². The molecule has 0 unspecified atom stereocenters. The molecule has 0 aliphatic rings. The summed E-state index contributed by atoms with van der Waals surface area (Å²) in [7, 11) is 0. The van der Waals surface area contributed by atoms with Gasteiger partial charge in [0.15, 0.2) is 0 Å². The third kappa shape index (κ3) is 4.33. The number of nitrogens with zero attached hydrogens (tertiary/aromatic N) is 1. The molecule has 0 atom stereocenters. The molecule has 5 heteroatoms. The van der Waals surface area contributed by atoms with Crippen LogP contribution in [0.3, 0.4) is 0 Å². The zero-order valence-corrected chi connectivity index (χ0v) is 14.4. The van der Waals surface area contributed by atoms with Gasteiger partial charge in [0.05, 0.1) is 12.8 Å². The fraction of sp³-hybridized carbons (Fsp3) is 0.0952. The Morgan fingerprint density at radius 1 is 1.00 bits per heavy atom. The number of carbonyl (C=O) groups is 2. The Hall–Kier alpha value is -3.47. The number of aryl methyl sites for hydroxylation is 1. The fourth-order valence-electron chi connectivity index (χ4n) is 2.63. The Labute approximate surface area is 151 Å². The molecule has 3 rings (SSSR count). The Balaban J connectivity index is 1.55. The summed E-state index contributed by atoms with van der Waals surface area (Å²) in [6, 6.07) is 21.0. The number of hydrazone groups is 1. The minimum Gasteiger partial charge on any atom is -0.343 e. The molecule has 0 radical (unpaired) electrons. The van der Waals surface area contributed by atoms with E-state index in [0.717, 1.165) is 21.9 Å². The number of carbonyl (C=O) groups excluding carboxylic acids is 2. The maximum atomic E-state index is 12.0. The average molecular weight is 345 g/mol. The lowest BCUT2D eigenvalue weighted by atomic mass is 10.1. The van der Waals surface area contributed by atoms with E-state index < -0.39 is 0 Å². The molecule has 3 aromatic rings. The van der Waals surface area contributed by atoms with Crippen LogP contribution in [0.15, 0.2) is 71.8 Å². The summed E-state index contributed by atoms with van der Waals surface area (Å²) in [4.78, 5) is 23.9. The van der Waals surface area contributed by atoms with E-state index in [2.05, 4.69) is 15.8 Å². The largest absolute Gasteiger partial charge is 0.343 e. The van der Waals surface area contributed by atoms with Gasteiger partial charge in [0.1, 0.15) is 0 Å². The van der Waals surface area contributed by atoms with Crippen molar-refractivity contribution < 1.29 is 9.59 Å². The standard InChI is InChI=1S/C21H19N3O2/c1-15-6-4-9-17(12-15)21(26)22-14-20(25)24-23-13-18-10-5-8-16-7-2-3-11-19(16)18/h2-13H,14H2,1H3,(H,22,26)(H,24,25)/b23-13-. The maximum Gasteiger partial charge on any atom is 0.259 e. The number of nitrogens with one attached hydrogen (secondary N) is 2. The van der Waals surface area contributed by atoms with Crippen LogP contribution in [0, 0.1) is 6.92 Å². The van der Waals surface area contributed by atoms with Crippen LogP contribution in [0.1, 0.15) is 21.5 Å². The molecule has 0 aliphatic heterocycles. The van der Waals surface area contributed by atoms with Gasteiger partial charge in [0.2, 0.25) is 0 Å². The van der Waals surface area contributed by atoms with Gasteiger partial charge in [-0.05, 0) is 29.8 Å². The molecule has 130 valence electrons. The van der Waals surface area contributed by atoms with E-state index in [9.17, 15) is 9.59 Å². The predicted molar refractivity (Wildman–Crippen MR) is 103 cm³/mol. The summed E-state index contributed by atoms with van der Waals surface area (Å²) in [5, 5.41) is 8.72. The first-order chi connectivity index (χ1) is 12.6. The molecule has 3 aromatic carbocycles. The van der Waals surface area contributed by atoms with Crippen molar-refractivity contribution in [1.29, 1.82) is 0 Å². The summed E-state index contributed by atoms with van der Waals surface area (Å²) >= 11 is 0. The van der Waals surface area contributed by atoms with Crippen LogP contribution in [-0.2, 0) is 4.79 Å². The third-order valence-electron chi connectivity index (χ3n) is 3.91. The Kier molecular flexibility index (Phi) is 5.39. The Morgan fingerprint density at radius 3 is 2.62 bits per heavy atom. The van der Waals surface area contributed by atoms with Crippen molar-refractivity contribution >= 4 is 28.8 Å². The molecule has 26 heavy (non-hydrogen) atoms. The maximum absolute atomic E-state index is 12.0. The molecule has 0 bridgehead atoms. The van der Waals surface area contributed by atoms with E-state index in [1.54, 1.807) is 24.4 Å². The molecule has 0 saturated carbocycles. The van der Waals surface area contributed by atoms with Gasteiger partial charge >= 0.3 is 0 Å². The van der Waals surface area contributed by atoms with E-state index in [1.807, 2.05) is 55.5 Å². The predicted octanol–water partition coefficient (Wildman–Crippen LogP) is 3.03. The van der Waals surface area contributed by atoms with Crippen LogP contribution < -0.4 is 10.7 Å². The van der Waals surface area contributed by atoms with Crippen molar-refractivity contribution in [2.75, 3.05) is 6.54 Å². The lowest BCUT2D eigenvalue weighted by molar-refractivity contribution is -0.120. The second-order valence-electron chi connectivity index (χ2n) is 5.91. The number of rotatable bonds is 5. The first kappa shape index (κ1) is 17.4. The second-order valence-corrected chi connectivity index (χ2v) is 5.91. The highest BCUT2D eigenvalue weighted by atomic mass is 16.2. The van der Waals surface area contributed by atoms with Gasteiger partial charge in [0, 0.05) is 11.1 Å². The van der Waals surface area contributed by atoms with Crippen LogP contribution >= 0.6 is 0 Å². The highest BCUT2D eigenvalue weighted by Crippen LogP contribution is 2.16. The van der Waals surface area contributed by atoms with E-state index in [4.69, 9.17) is 0 Å². The van der Waals surface area contributed by atoms with Gasteiger partial charge in [0.25, 0.3) is 11.8 Å². The summed E-state index contributed by atoms with van der Waals surface area (Å²) in [6.07, 6.45) is 1.60. The van der Waals surface area contributed by atoms with Gasteiger partial charge < -0.3 is 5.32 Å². The first-order valence-electron chi connectivity index (χ1n) is 8.28. The highest BCUT2D eigenvalue weighted by Gasteiger charge is 2.07. The summed E-state index contributed by atoms with van der Waals surface area (Å²) in [6.45, 7) is 1.77. The number of hydrogen-bond donors (Lipinski definition) is 2. The monoisotopic (exact) mass is 345 g/mol. The molecular weight excluding hydrogens is 326 g/mol. The number of benzene rings is 3. The van der Waals surface area contributed by atoms with E-state index >= 15 is 0 Å². The molecule has 2 amide bonds. The molecule has 0 spiro atoms. The minimum atomic E-state index is -0.387. The van der Waals surface area contributed by atoms with Crippen molar-refractivity contribution in [2.45, 2.75) is 6.92 Å². The van der Waals surface area contributed by atoms with Crippen LogP contribution in [-0.4, -0.2) is 24.6 Å². The normalized spacial score (nSPS) is 10.8. The smallest absolute Gasteiger partial charge is 0.259 e. The Bertz CT molecular complexity index is 974. The Morgan fingerprint density at radius 2 is 1.77 bits per heavy atom. The number of fused-ring (bicyclic) bond motifs is 1. The second kappa shape index (κ2) is 8.07. The lowest BCUT2D eigenvalue weighted by Gasteiger charge is -2.05. The van der Waals surface area contributed by atoms with Crippen LogP contribution in [0.5, 0.6) is 0 Å². The molecule has 0 heterocycles. The molecule has 0 aromatic heterocycles. The molecule has 0 saturated heterocycles. The molecule has 0 aliphatic carbocycles. The number of amides is 2. The highest BCUT2D eigenvalue weighted by molar-refractivity contribution is 6.00. The van der Waals surface area contributed by atoms with Crippen LogP contribution in [0.2, 0.25) is 0 Å². The van der Waals surface area contributed by atoms with E-state index in [1.165, 1.54) is 0 Å². The van der Waals surface area contributed by atoms with Gasteiger partial charge in [-0.3, -0.25) is 9.59 Å². The summed E-state index contributed by atoms with van der Waals surface area (Å²) in [5.41, 5.74) is 4.85. The number of hydrogen-bond acceptors (Lipinski definition) is 3. The van der Waals surface area contributed by atoms with E-state index in [0.29, 0.717) is 5.56 Å². The van der Waals surface area contributed by atoms with Crippen LogP contribution in [0.4, 0.5) is 0 Å². The van der Waals surface area contributed by atoms with Crippen molar-refractivity contribution in [3.05, 3.63) is 83.4 Å². The zero-order valence-electron chi connectivity index (χ0n) is 14.4. The zero-order chi connectivity index (χ0) is 18.4. The SMILES string of the molecule is Cc1cccc(C(=O)NCC(=O)N/N=C\c2cccc3ccccc23)c1. The molecular formula is C21H19N3O2. The summed E-state index contributed by atoms with van der Waals surface area (Å²) < 4.78 is 0. The van der Waals surface area contributed by atoms with Gasteiger partial charge in [-0.2, -0.15) is 5.10 Å². The quantitative estimate of drug-likeness (QED) is 0.551. The van der Waals surface area contributed by atoms with E-state index in [-0.39, 0.29) is 18.4 Å². The molecule has 0 fully saturated rings. The lowest BCUT2D eigenvalue weighted by Crippen LogP contribution is -2.34. The van der Waals surface area contributed by atoms with Gasteiger partial charge in [-0.15, -0.1) is 0 Å². The van der Waals surface area contributed by atoms with Crippen LogP contribution in [0.25, 0.3) is 10.8 Å². The van der Waals surface area contributed by atoms with Crippen molar-refractivity contribution in [3.8, 4) is 0 Å². The topological polar surface area (TPSA) is 70.6 Å². The average Bonchev–Trinajstić information content (AvgIpc) is 2.66. The molecule has 2 N–H and O–H groups in total. The third-order valence-corrected chi connectivity index (χ3v) is 3.91. The van der Waals surface area contributed by atoms with Crippen molar-refractivity contribution in [2.24, 2.45) is 5.10 Å². The first-order valence-corrected chi connectivity index (χ1v) is 8.28. The summed E-state index contributed by atoms with van der Waals surface area (Å²) in [5.74, 6) is -0.677. The van der Waals surface area contributed by atoms with Gasteiger partial charge in [-0.1, -0.05) is 60.2 Å².